The Balaban J connectivity index is 1.25. The summed E-state index contributed by atoms with van der Waals surface area (Å²) in [4.78, 5) is 25.0. The predicted molar refractivity (Wildman–Crippen MR) is 110 cm³/mol. The average molecular weight is 399 g/mol. The Labute approximate surface area is 171 Å². The molecule has 1 aromatic heterocycles. The van der Waals surface area contributed by atoms with Crippen LogP contribution in [0.15, 0.2) is 24.3 Å². The van der Waals surface area contributed by atoms with E-state index in [9.17, 15) is 9.90 Å². The fourth-order valence-corrected chi connectivity index (χ4v) is 5.47. The third-order valence-electron chi connectivity index (χ3n) is 7.06. The molecule has 29 heavy (non-hydrogen) atoms. The van der Waals surface area contributed by atoms with E-state index in [1.165, 1.54) is 0 Å². The van der Waals surface area contributed by atoms with Gasteiger partial charge in [-0.05, 0) is 49.7 Å². The summed E-state index contributed by atoms with van der Waals surface area (Å²) in [6, 6.07) is 8.25. The second-order valence-corrected chi connectivity index (χ2v) is 9.03. The number of nitrogens with zero attached hydrogens (tertiary/aromatic N) is 3. The van der Waals surface area contributed by atoms with Crippen LogP contribution in [-0.4, -0.2) is 82.3 Å². The fourth-order valence-electron chi connectivity index (χ4n) is 5.47. The van der Waals surface area contributed by atoms with Crippen molar-refractivity contribution in [2.75, 3.05) is 39.4 Å². The maximum Gasteiger partial charge on any atom is 0.289 e. The maximum atomic E-state index is 13.0. The molecule has 1 atom stereocenters. The Hall–Kier alpha value is -1.96. The molecule has 0 bridgehead atoms. The molecule has 3 aliphatic heterocycles. The summed E-state index contributed by atoms with van der Waals surface area (Å²) in [6.45, 7) is 4.90. The molecule has 3 fully saturated rings. The summed E-state index contributed by atoms with van der Waals surface area (Å²) >= 11 is 0. The minimum atomic E-state index is -0.274. The van der Waals surface area contributed by atoms with E-state index in [0.717, 1.165) is 82.5 Å². The quantitative estimate of drug-likeness (QED) is 0.809. The number of carbonyl (C=O) groups is 1. The molecule has 2 aromatic rings. The van der Waals surface area contributed by atoms with Gasteiger partial charge in [-0.3, -0.25) is 9.69 Å². The minimum absolute atomic E-state index is 0.0197. The Morgan fingerprint density at radius 1 is 1.21 bits per heavy atom. The topological polar surface area (TPSA) is 81.7 Å². The van der Waals surface area contributed by atoms with Gasteiger partial charge in [0.1, 0.15) is 0 Å². The number of piperidine rings is 2. The SMILES string of the molecule is O=C(c1nc2ccccc2[nH]1)N1CCC2(CC1)CC(O)CN(C1CCOCC1)C2. The molecule has 5 rings (SSSR count). The molecule has 1 spiro atoms. The van der Waals surface area contributed by atoms with Crippen molar-refractivity contribution in [3.05, 3.63) is 30.1 Å². The monoisotopic (exact) mass is 398 g/mol. The first-order valence-electron chi connectivity index (χ1n) is 10.9. The molecule has 1 unspecified atom stereocenters. The molecule has 0 aliphatic carbocycles. The first-order chi connectivity index (χ1) is 14.1. The Morgan fingerprint density at radius 2 is 1.97 bits per heavy atom. The molecule has 3 aliphatic rings. The van der Waals surface area contributed by atoms with Crippen LogP contribution in [0.1, 0.15) is 42.7 Å². The Morgan fingerprint density at radius 3 is 2.72 bits per heavy atom. The zero-order valence-corrected chi connectivity index (χ0v) is 16.8. The number of aromatic nitrogens is 2. The molecule has 0 radical (unpaired) electrons. The van der Waals surface area contributed by atoms with Crippen LogP contribution in [0.5, 0.6) is 0 Å². The molecule has 7 heteroatoms. The number of aromatic amines is 1. The molecule has 3 saturated heterocycles. The molecule has 7 nitrogen and oxygen atoms in total. The van der Waals surface area contributed by atoms with Crippen LogP contribution in [0.25, 0.3) is 11.0 Å². The van der Waals surface area contributed by atoms with Crippen molar-refractivity contribution in [2.24, 2.45) is 5.41 Å². The third-order valence-corrected chi connectivity index (χ3v) is 7.06. The fraction of sp³-hybridized carbons (Fsp3) is 0.636. The van der Waals surface area contributed by atoms with Gasteiger partial charge < -0.3 is 19.7 Å². The number of hydrogen-bond donors (Lipinski definition) is 2. The summed E-state index contributed by atoms with van der Waals surface area (Å²) in [5.74, 6) is 0.406. The van der Waals surface area contributed by atoms with E-state index in [2.05, 4.69) is 14.9 Å². The molecule has 1 aromatic carbocycles. The lowest BCUT2D eigenvalue weighted by Crippen LogP contribution is -2.57. The number of aliphatic hydroxyl groups excluding tert-OH is 1. The van der Waals surface area contributed by atoms with Gasteiger partial charge in [0.05, 0.1) is 17.1 Å². The summed E-state index contributed by atoms with van der Waals surface area (Å²) in [7, 11) is 0. The largest absolute Gasteiger partial charge is 0.392 e. The number of likely N-dealkylation sites (tertiary alicyclic amines) is 2. The predicted octanol–water partition coefficient (Wildman–Crippen LogP) is 2.03. The van der Waals surface area contributed by atoms with E-state index < -0.39 is 0 Å². The van der Waals surface area contributed by atoms with Gasteiger partial charge in [-0.25, -0.2) is 4.98 Å². The number of fused-ring (bicyclic) bond motifs is 1. The highest BCUT2D eigenvalue weighted by Gasteiger charge is 2.44. The summed E-state index contributed by atoms with van der Waals surface area (Å²) in [5, 5.41) is 10.6. The van der Waals surface area contributed by atoms with Gasteiger partial charge in [-0.15, -0.1) is 0 Å². The van der Waals surface area contributed by atoms with Gasteiger partial charge in [-0.2, -0.15) is 0 Å². The maximum absolute atomic E-state index is 13.0. The number of amides is 1. The smallest absolute Gasteiger partial charge is 0.289 e. The number of ether oxygens (including phenoxy) is 1. The van der Waals surface area contributed by atoms with Crippen LogP contribution in [0.2, 0.25) is 0 Å². The van der Waals surface area contributed by atoms with Crippen molar-refractivity contribution < 1.29 is 14.6 Å². The zero-order valence-electron chi connectivity index (χ0n) is 16.8. The molecule has 0 saturated carbocycles. The normalized spacial score (nSPS) is 26.2. The van der Waals surface area contributed by atoms with Crippen LogP contribution >= 0.6 is 0 Å². The van der Waals surface area contributed by atoms with Crippen LogP contribution in [0.4, 0.5) is 0 Å². The molecule has 1 amide bonds. The van der Waals surface area contributed by atoms with Crippen LogP contribution < -0.4 is 0 Å². The number of para-hydroxylation sites is 2. The molecular weight excluding hydrogens is 368 g/mol. The van der Waals surface area contributed by atoms with Crippen molar-refractivity contribution in [1.29, 1.82) is 0 Å². The van der Waals surface area contributed by atoms with Gasteiger partial charge in [0.25, 0.3) is 5.91 Å². The Kier molecular flexibility index (Phi) is 5.05. The van der Waals surface area contributed by atoms with Crippen molar-refractivity contribution in [2.45, 2.75) is 44.2 Å². The second-order valence-electron chi connectivity index (χ2n) is 9.03. The second kappa shape index (κ2) is 7.70. The van der Waals surface area contributed by atoms with E-state index in [4.69, 9.17) is 4.74 Å². The van der Waals surface area contributed by atoms with E-state index in [1.54, 1.807) is 0 Å². The number of aliphatic hydroxyl groups is 1. The third kappa shape index (κ3) is 3.79. The van der Waals surface area contributed by atoms with E-state index in [0.29, 0.717) is 11.9 Å². The average Bonchev–Trinajstić information content (AvgIpc) is 3.18. The first-order valence-corrected chi connectivity index (χ1v) is 10.9. The van der Waals surface area contributed by atoms with Crippen LogP contribution in [-0.2, 0) is 4.74 Å². The van der Waals surface area contributed by atoms with Gasteiger partial charge in [-0.1, -0.05) is 12.1 Å². The number of rotatable bonds is 2. The van der Waals surface area contributed by atoms with Crippen LogP contribution in [0, 0.1) is 5.41 Å². The highest BCUT2D eigenvalue weighted by Crippen LogP contribution is 2.41. The van der Waals surface area contributed by atoms with E-state index in [1.807, 2.05) is 29.2 Å². The number of H-pyrrole nitrogens is 1. The lowest BCUT2D eigenvalue weighted by atomic mass is 9.71. The zero-order chi connectivity index (χ0) is 19.8. The number of nitrogens with one attached hydrogen (secondary N) is 1. The standard InChI is InChI=1S/C22H30N4O3/c27-17-13-22(15-26(14-17)16-5-11-29-12-6-16)7-9-25(10-8-22)21(28)20-23-18-3-1-2-4-19(18)24-20/h1-4,16-17,27H,5-15H2,(H,23,24). The highest BCUT2D eigenvalue weighted by molar-refractivity contribution is 5.94. The molecule has 4 heterocycles. The van der Waals surface area contributed by atoms with Gasteiger partial charge in [0, 0.05) is 45.4 Å². The minimum Gasteiger partial charge on any atom is -0.392 e. The van der Waals surface area contributed by atoms with Gasteiger partial charge in [0.15, 0.2) is 5.82 Å². The van der Waals surface area contributed by atoms with Crippen molar-refractivity contribution in [3.8, 4) is 0 Å². The summed E-state index contributed by atoms with van der Waals surface area (Å²) in [6.07, 6.45) is 4.56. The lowest BCUT2D eigenvalue weighted by molar-refractivity contribution is -0.0695. The van der Waals surface area contributed by atoms with Gasteiger partial charge >= 0.3 is 0 Å². The number of benzene rings is 1. The van der Waals surface area contributed by atoms with Crippen molar-refractivity contribution in [3.63, 3.8) is 0 Å². The first kappa shape index (κ1) is 19.0. The number of carbonyl (C=O) groups excluding carboxylic acids is 1. The van der Waals surface area contributed by atoms with Gasteiger partial charge in [0.2, 0.25) is 0 Å². The van der Waals surface area contributed by atoms with E-state index >= 15 is 0 Å². The highest BCUT2D eigenvalue weighted by atomic mass is 16.5. The number of imidazole rings is 1. The van der Waals surface area contributed by atoms with E-state index in [-0.39, 0.29) is 17.4 Å². The van der Waals surface area contributed by atoms with Crippen molar-refractivity contribution in [1.82, 2.24) is 19.8 Å². The summed E-state index contributed by atoms with van der Waals surface area (Å²) in [5.41, 5.74) is 1.83. The van der Waals surface area contributed by atoms with Crippen molar-refractivity contribution >= 4 is 16.9 Å². The number of hydrogen-bond acceptors (Lipinski definition) is 5. The number of β-amino-alcohol motifs (C(OH)–C–C–N with tert-alkyl or cyclic N) is 1. The molecule has 2 N–H and O–H groups in total. The molecule has 156 valence electrons. The Bertz CT molecular complexity index is 835. The van der Waals surface area contributed by atoms with Crippen LogP contribution in [0.3, 0.4) is 0 Å². The molecular formula is C22H30N4O3. The lowest BCUT2D eigenvalue weighted by Gasteiger charge is -2.51. The summed E-state index contributed by atoms with van der Waals surface area (Å²) < 4.78 is 5.52.